The molecule has 1 spiro atoms. The van der Waals surface area contributed by atoms with E-state index in [1.165, 1.54) is 53.9 Å². The van der Waals surface area contributed by atoms with E-state index < -0.39 is 5.41 Å². The van der Waals surface area contributed by atoms with Crippen LogP contribution in [0.2, 0.25) is 0 Å². The molecular weight excluding hydrogens is 699 g/mol. The average Bonchev–Trinajstić information content (AvgIpc) is 3.79. The second-order valence-electron chi connectivity index (χ2n) is 14.7. The molecule has 56 heavy (non-hydrogen) atoms. The molecule has 0 bridgehead atoms. The number of hydrogen-bond acceptors (Lipinski definition) is 3. The Bertz CT molecular complexity index is 3130. The van der Waals surface area contributed by atoms with E-state index in [0.717, 1.165) is 50.1 Å². The van der Waals surface area contributed by atoms with Crippen LogP contribution in [-0.4, -0.2) is 0 Å². The van der Waals surface area contributed by atoms with E-state index in [1.807, 2.05) is 23.9 Å². The summed E-state index contributed by atoms with van der Waals surface area (Å²) in [7, 11) is 0. The molecule has 262 valence electrons. The number of fused-ring (bicyclic) bond motifs is 14. The molecule has 0 fully saturated rings. The van der Waals surface area contributed by atoms with Gasteiger partial charge in [0.1, 0.15) is 11.2 Å². The minimum atomic E-state index is -0.459. The van der Waals surface area contributed by atoms with Gasteiger partial charge < -0.3 is 9.32 Å². The molecule has 0 unspecified atom stereocenters. The molecule has 1 aliphatic carbocycles. The fourth-order valence-corrected chi connectivity index (χ4v) is 10.9. The summed E-state index contributed by atoms with van der Waals surface area (Å²) in [5, 5.41) is 4.76. The first-order valence-electron chi connectivity index (χ1n) is 19.2. The fourth-order valence-electron chi connectivity index (χ4n) is 9.67. The monoisotopic (exact) mass is 731 g/mol. The van der Waals surface area contributed by atoms with E-state index in [4.69, 9.17) is 4.42 Å². The van der Waals surface area contributed by atoms with Gasteiger partial charge in [0.25, 0.3) is 0 Å². The maximum atomic E-state index is 6.44. The topological polar surface area (TPSA) is 16.4 Å². The van der Waals surface area contributed by atoms with Gasteiger partial charge in [-0.3, -0.25) is 0 Å². The summed E-state index contributed by atoms with van der Waals surface area (Å²) in [6.07, 6.45) is 0. The third-order valence-corrected chi connectivity index (χ3v) is 13.1. The third kappa shape index (κ3) is 4.35. The smallest absolute Gasteiger partial charge is 0.143 e. The number of nitrogens with zero attached hydrogens (tertiary/aromatic N) is 1. The maximum Gasteiger partial charge on any atom is 0.143 e. The number of furan rings is 1. The zero-order valence-corrected chi connectivity index (χ0v) is 31.1. The van der Waals surface area contributed by atoms with E-state index in [9.17, 15) is 0 Å². The van der Waals surface area contributed by atoms with Crippen molar-refractivity contribution in [1.29, 1.82) is 0 Å². The van der Waals surface area contributed by atoms with Crippen LogP contribution in [0.1, 0.15) is 22.3 Å². The van der Waals surface area contributed by atoms with Crippen LogP contribution in [0, 0.1) is 0 Å². The Morgan fingerprint density at radius 1 is 0.393 bits per heavy atom. The Labute approximate surface area is 329 Å². The standard InChI is InChI=1S/C53H33NOS/c1-2-14-35(15-3-1)54(36-30-28-34(29-31-36)37-19-12-21-43-41-18-6-10-26-48(41)55-52(37)43)47-25-13-20-42-40(47)32-33-50-51(42)53(46-24-9-11-27-49(46)56-50)44-22-7-4-16-38(44)39-17-5-8-23-45(39)53/h1-33H. The Hall–Kier alpha value is -6.81. The highest BCUT2D eigenvalue weighted by atomic mass is 32.2. The largest absolute Gasteiger partial charge is 0.455 e. The second kappa shape index (κ2) is 12.1. The lowest BCUT2D eigenvalue weighted by atomic mass is 9.66. The SMILES string of the molecule is c1ccc(N(c2ccc(-c3cccc4c3oc3ccccc34)cc2)c2cccc3c4c(ccc23)Sc2ccccc2C42c3ccccc3-c3ccccc32)cc1. The first-order chi connectivity index (χ1) is 27.8. The van der Waals surface area contributed by atoms with Crippen LogP contribution in [0.5, 0.6) is 0 Å². The van der Waals surface area contributed by atoms with Crippen LogP contribution in [0.15, 0.2) is 214 Å². The van der Waals surface area contributed by atoms with Crippen molar-refractivity contribution in [2.75, 3.05) is 4.90 Å². The minimum absolute atomic E-state index is 0.459. The Balaban J connectivity index is 1.08. The van der Waals surface area contributed by atoms with Crippen molar-refractivity contribution in [1.82, 2.24) is 0 Å². The highest BCUT2D eigenvalue weighted by Crippen LogP contribution is 2.63. The van der Waals surface area contributed by atoms with E-state index in [2.05, 4.69) is 193 Å². The predicted molar refractivity (Wildman–Crippen MR) is 233 cm³/mol. The molecule has 3 heteroatoms. The van der Waals surface area contributed by atoms with E-state index in [1.54, 1.807) is 0 Å². The van der Waals surface area contributed by atoms with Crippen molar-refractivity contribution in [2.24, 2.45) is 0 Å². The molecule has 2 heterocycles. The lowest BCUT2D eigenvalue weighted by Gasteiger charge is -2.40. The van der Waals surface area contributed by atoms with Gasteiger partial charge in [0.05, 0.1) is 11.1 Å². The molecule has 1 aromatic heterocycles. The molecule has 0 amide bonds. The van der Waals surface area contributed by atoms with Gasteiger partial charge in [-0.15, -0.1) is 0 Å². The minimum Gasteiger partial charge on any atom is -0.455 e. The van der Waals surface area contributed by atoms with Crippen molar-refractivity contribution in [3.63, 3.8) is 0 Å². The third-order valence-electron chi connectivity index (χ3n) is 11.9. The highest BCUT2D eigenvalue weighted by Gasteiger charge is 2.50. The van der Waals surface area contributed by atoms with Gasteiger partial charge in [0, 0.05) is 42.9 Å². The molecule has 12 rings (SSSR count). The molecule has 1 aliphatic heterocycles. The summed E-state index contributed by atoms with van der Waals surface area (Å²) in [6, 6.07) is 73.2. The molecule has 0 radical (unpaired) electrons. The summed E-state index contributed by atoms with van der Waals surface area (Å²) < 4.78 is 6.44. The summed E-state index contributed by atoms with van der Waals surface area (Å²) >= 11 is 1.89. The fraction of sp³-hybridized carbons (Fsp3) is 0.0189. The summed E-state index contributed by atoms with van der Waals surface area (Å²) in [4.78, 5) is 5.02. The van der Waals surface area contributed by atoms with E-state index >= 15 is 0 Å². The van der Waals surface area contributed by atoms with Gasteiger partial charge in [-0.2, -0.15) is 0 Å². The number of para-hydroxylation sites is 3. The van der Waals surface area contributed by atoms with E-state index in [-0.39, 0.29) is 0 Å². The average molecular weight is 732 g/mol. The van der Waals surface area contributed by atoms with Crippen LogP contribution < -0.4 is 4.90 Å². The number of rotatable bonds is 4. The molecule has 0 N–H and O–H groups in total. The van der Waals surface area contributed by atoms with Crippen LogP contribution >= 0.6 is 11.8 Å². The number of hydrogen-bond donors (Lipinski definition) is 0. The zero-order chi connectivity index (χ0) is 36.8. The maximum absolute atomic E-state index is 6.44. The summed E-state index contributed by atoms with van der Waals surface area (Å²) in [6.45, 7) is 0. The highest BCUT2D eigenvalue weighted by molar-refractivity contribution is 7.99. The van der Waals surface area contributed by atoms with Crippen LogP contribution in [0.3, 0.4) is 0 Å². The first kappa shape index (κ1) is 31.5. The quantitative estimate of drug-likeness (QED) is 0.179. The number of anilines is 3. The molecule has 0 saturated heterocycles. The van der Waals surface area contributed by atoms with Crippen molar-refractivity contribution in [3.8, 4) is 22.3 Å². The molecule has 2 nitrogen and oxygen atoms in total. The summed E-state index contributed by atoms with van der Waals surface area (Å²) in [5.41, 5.74) is 15.0. The lowest BCUT2D eigenvalue weighted by molar-refractivity contribution is 0.670. The van der Waals surface area contributed by atoms with Crippen molar-refractivity contribution < 1.29 is 4.42 Å². The van der Waals surface area contributed by atoms with Gasteiger partial charge in [0.2, 0.25) is 0 Å². The lowest BCUT2D eigenvalue weighted by Crippen LogP contribution is -2.32. The van der Waals surface area contributed by atoms with Crippen LogP contribution in [0.4, 0.5) is 17.1 Å². The van der Waals surface area contributed by atoms with E-state index in [0.29, 0.717) is 0 Å². The molecule has 0 saturated carbocycles. The van der Waals surface area contributed by atoms with Gasteiger partial charge in [-0.05, 0) is 92.9 Å². The zero-order valence-electron chi connectivity index (χ0n) is 30.3. The Morgan fingerprint density at radius 3 is 1.80 bits per heavy atom. The van der Waals surface area contributed by atoms with Crippen LogP contribution in [0.25, 0.3) is 55.0 Å². The van der Waals surface area contributed by atoms with Gasteiger partial charge in [0.15, 0.2) is 0 Å². The van der Waals surface area contributed by atoms with Crippen molar-refractivity contribution in [3.05, 3.63) is 222 Å². The van der Waals surface area contributed by atoms with Crippen molar-refractivity contribution in [2.45, 2.75) is 15.2 Å². The van der Waals surface area contributed by atoms with Gasteiger partial charge >= 0.3 is 0 Å². The van der Waals surface area contributed by atoms with Gasteiger partial charge in [-0.25, -0.2) is 0 Å². The predicted octanol–water partition coefficient (Wildman–Crippen LogP) is 14.7. The summed E-state index contributed by atoms with van der Waals surface area (Å²) in [5.74, 6) is 0. The molecule has 10 aromatic rings. The first-order valence-corrected chi connectivity index (χ1v) is 20.0. The number of benzene rings is 9. The molecule has 0 atom stereocenters. The Morgan fingerprint density at radius 2 is 1.00 bits per heavy atom. The molecular formula is C53H33NOS. The van der Waals surface area contributed by atoms with Gasteiger partial charge in [-0.1, -0.05) is 163 Å². The normalized spacial score (nSPS) is 13.4. The van der Waals surface area contributed by atoms with Crippen LogP contribution in [-0.2, 0) is 5.41 Å². The molecule has 9 aromatic carbocycles. The second-order valence-corrected chi connectivity index (χ2v) is 15.8. The Kier molecular flexibility index (Phi) is 6.81. The van der Waals surface area contributed by atoms with Crippen molar-refractivity contribution >= 4 is 61.5 Å². The molecule has 2 aliphatic rings.